The highest BCUT2D eigenvalue weighted by atomic mass is 16.2. The van der Waals surface area contributed by atoms with Gasteiger partial charge in [0.1, 0.15) is 12.1 Å². The Morgan fingerprint density at radius 2 is 1.94 bits per heavy atom. The first kappa shape index (κ1) is 19.9. The van der Waals surface area contributed by atoms with Crippen molar-refractivity contribution in [1.82, 2.24) is 20.5 Å². The van der Waals surface area contributed by atoms with E-state index in [1.165, 1.54) is 24.4 Å². The van der Waals surface area contributed by atoms with Gasteiger partial charge in [0.05, 0.1) is 28.9 Å². The van der Waals surface area contributed by atoms with Crippen LogP contribution in [0.4, 0.5) is 0 Å². The molecule has 2 aliphatic heterocycles. The number of hydrogen-bond donors (Lipinski definition) is 2. The fourth-order valence-electron chi connectivity index (χ4n) is 3.48. The molecule has 1 aromatic heterocycles. The lowest BCUT2D eigenvalue weighted by molar-refractivity contribution is -0.136. The third-order valence-corrected chi connectivity index (χ3v) is 5.09. The number of pyridine rings is 1. The summed E-state index contributed by atoms with van der Waals surface area (Å²) in [7, 11) is 0. The smallest absolute Gasteiger partial charge is 0.262 e. The zero-order chi connectivity index (χ0) is 22.1. The van der Waals surface area contributed by atoms with Gasteiger partial charge in [0, 0.05) is 18.2 Å². The number of benzene rings is 1. The lowest BCUT2D eigenvalue weighted by atomic mass is 10.0. The van der Waals surface area contributed by atoms with Crippen molar-refractivity contribution in [3.05, 3.63) is 64.5 Å². The Hall–Kier alpha value is -4.39. The van der Waals surface area contributed by atoms with E-state index >= 15 is 0 Å². The number of nitrogens with zero attached hydrogens (tertiary/aromatic N) is 3. The monoisotopic (exact) mass is 417 g/mol. The van der Waals surface area contributed by atoms with Crippen LogP contribution in [0.5, 0.6) is 0 Å². The molecule has 4 rings (SSSR count). The van der Waals surface area contributed by atoms with Crippen LogP contribution in [-0.2, 0) is 16.1 Å². The molecule has 154 valence electrons. The molecule has 10 heteroatoms. The number of imide groups is 2. The number of amides is 5. The van der Waals surface area contributed by atoms with Gasteiger partial charge in [-0.2, -0.15) is 5.26 Å². The fourth-order valence-corrected chi connectivity index (χ4v) is 3.48. The molecule has 0 saturated carbocycles. The maximum Gasteiger partial charge on any atom is 0.262 e. The Morgan fingerprint density at radius 1 is 1.16 bits per heavy atom. The summed E-state index contributed by atoms with van der Waals surface area (Å²) in [6.07, 6.45) is 1.48. The van der Waals surface area contributed by atoms with Crippen LogP contribution in [0, 0.1) is 11.3 Å². The molecule has 0 bridgehead atoms. The number of rotatable bonds is 4. The van der Waals surface area contributed by atoms with Gasteiger partial charge < -0.3 is 5.32 Å². The van der Waals surface area contributed by atoms with Gasteiger partial charge in [-0.3, -0.25) is 39.2 Å². The average molecular weight is 417 g/mol. The summed E-state index contributed by atoms with van der Waals surface area (Å²) in [4.78, 5) is 66.4. The van der Waals surface area contributed by atoms with E-state index in [1.807, 2.05) is 6.07 Å². The van der Waals surface area contributed by atoms with E-state index in [0.29, 0.717) is 11.3 Å². The third kappa shape index (κ3) is 3.64. The summed E-state index contributed by atoms with van der Waals surface area (Å²) >= 11 is 0. The second kappa shape index (κ2) is 7.79. The zero-order valence-corrected chi connectivity index (χ0v) is 16.0. The Balaban J connectivity index is 1.50. The molecule has 1 unspecified atom stereocenters. The lowest BCUT2D eigenvalue weighted by Gasteiger charge is -2.27. The zero-order valence-electron chi connectivity index (χ0n) is 16.0. The molecule has 10 nitrogen and oxygen atoms in total. The molecule has 1 fully saturated rings. The molecule has 2 N–H and O–H groups in total. The topological polar surface area (TPSA) is 149 Å². The van der Waals surface area contributed by atoms with Gasteiger partial charge >= 0.3 is 0 Å². The maximum atomic E-state index is 12.8. The van der Waals surface area contributed by atoms with Gasteiger partial charge in [0.15, 0.2) is 0 Å². The first-order valence-corrected chi connectivity index (χ1v) is 9.38. The summed E-state index contributed by atoms with van der Waals surface area (Å²) in [5.74, 6) is -2.94. The van der Waals surface area contributed by atoms with Crippen LogP contribution in [0.25, 0.3) is 0 Å². The molecule has 1 saturated heterocycles. The van der Waals surface area contributed by atoms with Crippen LogP contribution >= 0.6 is 0 Å². The molecule has 5 amide bonds. The van der Waals surface area contributed by atoms with Crippen LogP contribution in [0.1, 0.15) is 55.2 Å². The molecule has 0 radical (unpaired) electrons. The largest absolute Gasteiger partial charge is 0.346 e. The van der Waals surface area contributed by atoms with Crippen molar-refractivity contribution in [1.29, 1.82) is 5.26 Å². The lowest BCUT2D eigenvalue weighted by Crippen LogP contribution is -2.54. The first-order chi connectivity index (χ1) is 14.9. The van der Waals surface area contributed by atoms with Gasteiger partial charge in [-0.25, -0.2) is 0 Å². The predicted octanol–water partition coefficient (Wildman–Crippen LogP) is 0.284. The van der Waals surface area contributed by atoms with Crippen LogP contribution in [0.3, 0.4) is 0 Å². The van der Waals surface area contributed by atoms with Crippen molar-refractivity contribution in [3.8, 4) is 6.07 Å². The van der Waals surface area contributed by atoms with Gasteiger partial charge in [-0.05, 0) is 36.8 Å². The Bertz CT molecular complexity index is 1180. The molecule has 0 spiro atoms. The number of piperidine rings is 1. The summed E-state index contributed by atoms with van der Waals surface area (Å²) < 4.78 is 0. The van der Waals surface area contributed by atoms with Gasteiger partial charge in [0.25, 0.3) is 17.7 Å². The van der Waals surface area contributed by atoms with Crippen LogP contribution in [0.15, 0.2) is 36.5 Å². The molecule has 1 atom stereocenters. The highest BCUT2D eigenvalue weighted by Gasteiger charge is 2.44. The summed E-state index contributed by atoms with van der Waals surface area (Å²) in [6.45, 7) is 0.108. The molecule has 0 aliphatic carbocycles. The summed E-state index contributed by atoms with van der Waals surface area (Å²) in [6, 6.07) is 8.18. The molecule has 31 heavy (non-hydrogen) atoms. The Kier molecular flexibility index (Phi) is 5.00. The number of nitrogens with one attached hydrogen (secondary N) is 2. The van der Waals surface area contributed by atoms with E-state index in [2.05, 4.69) is 15.6 Å². The summed E-state index contributed by atoms with van der Waals surface area (Å²) in [5, 5.41) is 13.6. The van der Waals surface area contributed by atoms with Crippen molar-refractivity contribution < 1.29 is 24.0 Å². The van der Waals surface area contributed by atoms with E-state index in [9.17, 15) is 24.0 Å². The van der Waals surface area contributed by atoms with E-state index in [0.717, 1.165) is 4.90 Å². The predicted molar refractivity (Wildman–Crippen MR) is 103 cm³/mol. The molecule has 3 heterocycles. The SMILES string of the molecule is N#Cc1ccc(CNC(=O)c2ccc3c(c2)C(=O)N(C2CCC(=O)NC2=O)C3=O)nc1. The molecule has 1 aromatic carbocycles. The van der Waals surface area contributed by atoms with Crippen molar-refractivity contribution in [3.63, 3.8) is 0 Å². The summed E-state index contributed by atoms with van der Waals surface area (Å²) in [5.41, 5.74) is 1.23. The van der Waals surface area contributed by atoms with Crippen LogP contribution < -0.4 is 10.6 Å². The molecular weight excluding hydrogens is 402 g/mol. The molecule has 2 aliphatic rings. The number of aromatic nitrogens is 1. The van der Waals surface area contributed by atoms with Gasteiger partial charge in [0.2, 0.25) is 11.8 Å². The number of carbonyl (C=O) groups excluding carboxylic acids is 5. The average Bonchev–Trinajstić information content (AvgIpc) is 3.02. The maximum absolute atomic E-state index is 12.8. The number of hydrogen-bond acceptors (Lipinski definition) is 7. The van der Waals surface area contributed by atoms with Crippen molar-refractivity contribution >= 4 is 29.5 Å². The normalized spacial score (nSPS) is 17.8. The number of nitriles is 1. The minimum absolute atomic E-state index is 0.0267. The standard InChI is InChI=1S/C21H15N5O5/c22-8-11-1-3-13(23-9-11)10-24-18(28)12-2-4-14-15(7-12)21(31)26(20(14)30)16-5-6-17(27)25-19(16)29/h1-4,7,9,16H,5-6,10H2,(H,24,28)(H,25,27,29). The Morgan fingerprint density at radius 3 is 2.61 bits per heavy atom. The number of fused-ring (bicyclic) bond motifs is 1. The molecular formula is C21H15N5O5. The minimum Gasteiger partial charge on any atom is -0.346 e. The van der Waals surface area contributed by atoms with Gasteiger partial charge in [-0.1, -0.05) is 0 Å². The van der Waals surface area contributed by atoms with Crippen LogP contribution in [0.2, 0.25) is 0 Å². The van der Waals surface area contributed by atoms with E-state index in [4.69, 9.17) is 5.26 Å². The molecule has 2 aromatic rings. The van der Waals surface area contributed by atoms with Crippen molar-refractivity contribution in [2.45, 2.75) is 25.4 Å². The Labute approximate surface area is 175 Å². The number of carbonyl (C=O) groups is 5. The first-order valence-electron chi connectivity index (χ1n) is 9.38. The van der Waals surface area contributed by atoms with E-state index < -0.39 is 35.6 Å². The fraction of sp³-hybridized carbons (Fsp3) is 0.190. The van der Waals surface area contributed by atoms with Crippen molar-refractivity contribution in [2.75, 3.05) is 0 Å². The third-order valence-electron chi connectivity index (χ3n) is 5.09. The van der Waals surface area contributed by atoms with Crippen LogP contribution in [-0.4, -0.2) is 45.5 Å². The second-order valence-corrected chi connectivity index (χ2v) is 7.04. The highest BCUT2D eigenvalue weighted by molar-refractivity contribution is 6.24. The van der Waals surface area contributed by atoms with Crippen molar-refractivity contribution in [2.24, 2.45) is 0 Å². The van der Waals surface area contributed by atoms with Gasteiger partial charge in [-0.15, -0.1) is 0 Å². The minimum atomic E-state index is -1.06. The second-order valence-electron chi connectivity index (χ2n) is 7.04. The van der Waals surface area contributed by atoms with E-state index in [1.54, 1.807) is 12.1 Å². The quantitative estimate of drug-likeness (QED) is 0.679. The van der Waals surface area contributed by atoms with E-state index in [-0.39, 0.29) is 36.1 Å². The highest BCUT2D eigenvalue weighted by Crippen LogP contribution is 2.28.